The number of nitrogens with two attached hydrogens (primary N) is 1. The van der Waals surface area contributed by atoms with Crippen LogP contribution in [-0.2, 0) is 10.1 Å². The van der Waals surface area contributed by atoms with Crippen LogP contribution in [0.25, 0.3) is 0 Å². The first-order valence-electron chi connectivity index (χ1n) is 3.92. The van der Waals surface area contributed by atoms with Crippen molar-refractivity contribution in [2.45, 2.75) is 0 Å². The molecule has 0 saturated heterocycles. The van der Waals surface area contributed by atoms with Gasteiger partial charge in [-0.05, 0) is 0 Å². The molecule has 0 aliphatic rings. The smallest absolute Gasteiger partial charge is 0.265 e. The zero-order chi connectivity index (χ0) is 11.8. The third-order valence-electron chi connectivity index (χ3n) is 0.332. The molecule has 0 amide bonds. The number of hydrogen-bond acceptors (Lipinski definition) is 4. The molecule has 60 valence electrons. The van der Waals surface area contributed by atoms with Crippen molar-refractivity contribution in [3.05, 3.63) is 0 Å². The van der Waals surface area contributed by atoms with Gasteiger partial charge in [-0.1, -0.05) is 11.8 Å². The average Bonchev–Trinajstić information content (AvgIpc) is 1.80. The summed E-state index contributed by atoms with van der Waals surface area (Å²) in [5.74, 6) is 0. The molecule has 0 aliphatic carbocycles. The van der Waals surface area contributed by atoms with Gasteiger partial charge >= 0.3 is 0 Å². The van der Waals surface area contributed by atoms with Crippen molar-refractivity contribution in [3.63, 3.8) is 0 Å². The highest BCUT2D eigenvalue weighted by atomic mass is 32.2. The normalized spacial score (nSPS) is 20.1. The van der Waals surface area contributed by atoms with Crippen molar-refractivity contribution in [1.29, 1.82) is 5.41 Å². The van der Waals surface area contributed by atoms with E-state index in [1.807, 2.05) is 0 Å². The van der Waals surface area contributed by atoms with Crippen LogP contribution >= 0.6 is 11.8 Å². The van der Waals surface area contributed by atoms with Crippen molar-refractivity contribution < 1.29 is 18.5 Å². The van der Waals surface area contributed by atoms with Gasteiger partial charge in [0.25, 0.3) is 10.1 Å². The number of thioether (sulfide) groups is 1. The standard InChI is InChI=1S/C3H8N2O3S2/c4-3(5)9-1-2-10(6,7)8/h1-2H2,(H3,4,5)(H,6,7,8)/i1D2,2D2. The van der Waals surface area contributed by atoms with E-state index in [9.17, 15) is 8.42 Å². The predicted octanol–water partition coefficient (Wildman–Crippen LogP) is -0.499. The van der Waals surface area contributed by atoms with Gasteiger partial charge in [0.1, 0.15) is 0 Å². The lowest BCUT2D eigenvalue weighted by Gasteiger charge is -1.94. The SMILES string of the molecule is [2H]C([2H])(SC(=N)N)C([2H])([2H])S(=O)(=O)O. The van der Waals surface area contributed by atoms with Crippen LogP contribution in [0.2, 0.25) is 0 Å². The zero-order valence-corrected chi connectivity index (χ0v) is 6.29. The molecule has 0 saturated carbocycles. The molecule has 0 aromatic carbocycles. The zero-order valence-electron chi connectivity index (χ0n) is 8.66. The molecule has 5 nitrogen and oxygen atoms in total. The van der Waals surface area contributed by atoms with Crippen molar-refractivity contribution in [1.82, 2.24) is 0 Å². The van der Waals surface area contributed by atoms with Crippen LogP contribution < -0.4 is 5.73 Å². The van der Waals surface area contributed by atoms with Gasteiger partial charge in [-0.2, -0.15) is 8.42 Å². The van der Waals surface area contributed by atoms with E-state index in [1.165, 1.54) is 0 Å². The number of rotatable bonds is 3. The molecule has 10 heavy (non-hydrogen) atoms. The van der Waals surface area contributed by atoms with Crippen LogP contribution in [-0.4, -0.2) is 29.5 Å². The molecular weight excluding hydrogens is 176 g/mol. The van der Waals surface area contributed by atoms with Crippen LogP contribution in [0.4, 0.5) is 0 Å². The minimum Gasteiger partial charge on any atom is -0.379 e. The highest BCUT2D eigenvalue weighted by Gasteiger charge is 2.03. The summed E-state index contributed by atoms with van der Waals surface area (Å²) in [6.45, 7) is 0. The Labute approximate surface area is 68.9 Å². The molecule has 0 aromatic rings. The Morgan fingerprint density at radius 1 is 1.90 bits per heavy atom. The maximum absolute atomic E-state index is 10.5. The predicted molar refractivity (Wildman–Crippen MR) is 40.8 cm³/mol. The fourth-order valence-electron chi connectivity index (χ4n) is 0.128. The number of hydrogen-bond donors (Lipinski definition) is 3. The summed E-state index contributed by atoms with van der Waals surface area (Å²) in [6, 6.07) is 0. The maximum atomic E-state index is 10.5. The summed E-state index contributed by atoms with van der Waals surface area (Å²) < 4.78 is 57.1. The van der Waals surface area contributed by atoms with E-state index in [2.05, 4.69) is 0 Å². The first-order chi connectivity index (χ1) is 5.92. The van der Waals surface area contributed by atoms with E-state index in [1.54, 1.807) is 0 Å². The van der Waals surface area contributed by atoms with Crippen LogP contribution in [0.5, 0.6) is 0 Å². The molecule has 7 heteroatoms. The second-order valence-corrected chi connectivity index (χ2v) is 3.15. The van der Waals surface area contributed by atoms with E-state index in [0.717, 1.165) is 0 Å². The van der Waals surface area contributed by atoms with Gasteiger partial charge in [-0.15, -0.1) is 0 Å². The monoisotopic (exact) mass is 188 g/mol. The molecule has 0 aliphatic heterocycles. The summed E-state index contributed by atoms with van der Waals surface area (Å²) in [5.41, 5.74) is -1.79. The number of nitrogens with one attached hydrogen (secondary N) is 1. The van der Waals surface area contributed by atoms with Gasteiger partial charge in [0.15, 0.2) is 5.17 Å². The Bertz CT molecular complexity index is 340. The molecule has 0 heterocycles. The van der Waals surface area contributed by atoms with E-state index in [0.29, 0.717) is 0 Å². The Balaban J connectivity index is 5.18. The lowest BCUT2D eigenvalue weighted by Crippen LogP contribution is -2.10. The van der Waals surface area contributed by atoms with E-state index >= 15 is 0 Å². The molecule has 0 rings (SSSR count). The fraction of sp³-hybridized carbons (Fsp3) is 0.667. The lowest BCUT2D eigenvalue weighted by atomic mass is 11.0. The summed E-state index contributed by atoms with van der Waals surface area (Å²) >= 11 is -0.129. The Hall–Kier alpha value is -0.270. The Morgan fingerprint density at radius 3 is 2.70 bits per heavy atom. The maximum Gasteiger partial charge on any atom is 0.265 e. The second-order valence-electron chi connectivity index (χ2n) is 1.15. The van der Waals surface area contributed by atoms with E-state index in [4.69, 9.17) is 21.2 Å². The van der Waals surface area contributed by atoms with Gasteiger partial charge in [0.2, 0.25) is 0 Å². The van der Waals surface area contributed by atoms with Crippen molar-refractivity contribution in [3.8, 4) is 0 Å². The van der Waals surface area contributed by atoms with Crippen LogP contribution in [0, 0.1) is 5.41 Å². The van der Waals surface area contributed by atoms with Gasteiger partial charge in [-0.25, -0.2) is 0 Å². The molecular formula is C3H8N2O3S2. The largest absolute Gasteiger partial charge is 0.379 e. The highest BCUT2D eigenvalue weighted by molar-refractivity contribution is 8.14. The van der Waals surface area contributed by atoms with Gasteiger partial charge in [-0.3, -0.25) is 9.96 Å². The third-order valence-corrected chi connectivity index (χ3v) is 1.24. The second kappa shape index (κ2) is 3.79. The van der Waals surface area contributed by atoms with Gasteiger partial charge in [0, 0.05) is 11.2 Å². The Kier molecular flexibility index (Phi) is 1.73. The van der Waals surface area contributed by atoms with Gasteiger partial charge < -0.3 is 5.73 Å². The molecule has 0 spiro atoms. The van der Waals surface area contributed by atoms with Crippen molar-refractivity contribution in [2.75, 3.05) is 11.4 Å². The van der Waals surface area contributed by atoms with Crippen molar-refractivity contribution >= 4 is 27.0 Å². The summed E-state index contributed by atoms with van der Waals surface area (Å²) in [5, 5.41) is 5.90. The Morgan fingerprint density at radius 2 is 2.40 bits per heavy atom. The summed E-state index contributed by atoms with van der Waals surface area (Å²) in [7, 11) is -5.22. The molecule has 0 fully saturated rings. The van der Waals surface area contributed by atoms with E-state index in [-0.39, 0.29) is 11.8 Å². The summed E-state index contributed by atoms with van der Waals surface area (Å²) in [4.78, 5) is 0. The van der Waals surface area contributed by atoms with Crippen LogP contribution in [0.15, 0.2) is 0 Å². The lowest BCUT2D eigenvalue weighted by molar-refractivity contribution is 0.485. The molecule has 0 unspecified atom stereocenters. The highest BCUT2D eigenvalue weighted by Crippen LogP contribution is 1.98. The first kappa shape index (κ1) is 4.58. The average molecular weight is 188 g/mol. The van der Waals surface area contributed by atoms with Crippen LogP contribution in [0.3, 0.4) is 0 Å². The number of amidine groups is 1. The molecule has 0 bridgehead atoms. The quantitative estimate of drug-likeness (QED) is 0.314. The summed E-state index contributed by atoms with van der Waals surface area (Å²) in [6.07, 6.45) is 0. The molecule has 0 aromatic heterocycles. The fourth-order valence-corrected chi connectivity index (χ4v) is 0.826. The molecule has 0 radical (unpaired) electrons. The molecule has 4 N–H and O–H groups in total. The van der Waals surface area contributed by atoms with Crippen molar-refractivity contribution in [2.24, 2.45) is 5.73 Å². The minimum absolute atomic E-state index is 0.129. The first-order valence-corrected chi connectivity index (χ1v) is 4.17. The third kappa shape index (κ3) is 7.73. The molecule has 0 atom stereocenters. The van der Waals surface area contributed by atoms with Crippen LogP contribution in [0.1, 0.15) is 5.48 Å². The minimum atomic E-state index is -5.22. The van der Waals surface area contributed by atoms with E-state index < -0.39 is 26.7 Å². The van der Waals surface area contributed by atoms with Gasteiger partial charge in [0.05, 0.1) is 5.70 Å². The topological polar surface area (TPSA) is 104 Å².